The summed E-state index contributed by atoms with van der Waals surface area (Å²) >= 11 is 0.823. The lowest BCUT2D eigenvalue weighted by Gasteiger charge is -2.07. The molecule has 2 heterocycles. The van der Waals surface area contributed by atoms with E-state index in [1.807, 2.05) is 0 Å². The van der Waals surface area contributed by atoms with Gasteiger partial charge in [0.2, 0.25) is 0 Å². The summed E-state index contributed by atoms with van der Waals surface area (Å²) in [6.07, 6.45) is -3.11. The summed E-state index contributed by atoms with van der Waals surface area (Å²) in [5.41, 5.74) is -1.02. The Morgan fingerprint density at radius 3 is 2.81 bits per heavy atom. The number of aromatic nitrogens is 2. The van der Waals surface area contributed by atoms with Crippen LogP contribution in [0.5, 0.6) is 5.75 Å². The molecule has 0 amide bonds. The Morgan fingerprint density at radius 2 is 2.19 bits per heavy atom. The molecule has 0 saturated carbocycles. The van der Waals surface area contributed by atoms with Crippen molar-refractivity contribution in [3.63, 3.8) is 0 Å². The number of hydrogen-bond donors (Lipinski definition) is 0. The monoisotopic (exact) mass is 318 g/mol. The molecule has 0 radical (unpaired) electrons. The van der Waals surface area contributed by atoms with Crippen molar-refractivity contribution in [3.8, 4) is 5.75 Å². The Labute approximate surface area is 121 Å². The molecule has 0 aliphatic rings. The van der Waals surface area contributed by atoms with Crippen molar-refractivity contribution in [2.45, 2.75) is 12.8 Å². The van der Waals surface area contributed by atoms with E-state index in [4.69, 9.17) is 4.74 Å². The van der Waals surface area contributed by atoms with Gasteiger partial charge in [-0.05, 0) is 12.1 Å². The van der Waals surface area contributed by atoms with E-state index < -0.39 is 17.8 Å². The van der Waals surface area contributed by atoms with Crippen LogP contribution in [0.2, 0.25) is 0 Å². The van der Waals surface area contributed by atoms with E-state index in [0.29, 0.717) is 0 Å². The third kappa shape index (κ3) is 3.69. The number of hydrogen-bond acceptors (Lipinski definition) is 6. The highest BCUT2D eigenvalue weighted by Gasteiger charge is 2.33. The van der Waals surface area contributed by atoms with Gasteiger partial charge in [0.05, 0.1) is 7.11 Å². The van der Waals surface area contributed by atoms with Gasteiger partial charge >= 0.3 is 12.1 Å². The molecule has 5 nitrogen and oxygen atoms in total. The lowest BCUT2D eigenvalue weighted by atomic mass is 10.3. The van der Waals surface area contributed by atoms with Crippen LogP contribution in [0.15, 0.2) is 23.7 Å². The van der Waals surface area contributed by atoms with Crippen molar-refractivity contribution in [1.82, 2.24) is 9.97 Å². The van der Waals surface area contributed by atoms with Gasteiger partial charge in [-0.15, -0.1) is 11.3 Å². The predicted octanol–water partition coefficient (Wildman–Crippen LogP) is 2.92. The first kappa shape index (κ1) is 15.2. The molecule has 0 N–H and O–H groups in total. The predicted molar refractivity (Wildman–Crippen MR) is 67.0 cm³/mol. The Kier molecular flexibility index (Phi) is 4.41. The van der Waals surface area contributed by atoms with Crippen LogP contribution in [-0.2, 0) is 17.5 Å². The number of pyridine rings is 1. The Balaban J connectivity index is 2.10. The van der Waals surface area contributed by atoms with E-state index in [1.54, 1.807) is 0 Å². The number of carbonyl (C=O) groups is 1. The molecule has 0 fully saturated rings. The first-order chi connectivity index (χ1) is 9.91. The number of methoxy groups -OCH3 is 1. The molecule has 0 aliphatic carbocycles. The van der Waals surface area contributed by atoms with Crippen molar-refractivity contribution in [1.29, 1.82) is 0 Å². The van der Waals surface area contributed by atoms with Gasteiger partial charge in [-0.3, -0.25) is 0 Å². The number of halogens is 3. The summed E-state index contributed by atoms with van der Waals surface area (Å²) < 4.78 is 47.1. The minimum Gasteiger partial charge on any atom is -0.484 e. The fraction of sp³-hybridized carbons (Fsp3) is 0.250. The van der Waals surface area contributed by atoms with Crippen LogP contribution >= 0.6 is 11.3 Å². The summed E-state index contributed by atoms with van der Waals surface area (Å²) in [5.74, 6) is -0.575. The molecule has 112 valence electrons. The molecule has 2 rings (SSSR count). The highest BCUT2D eigenvalue weighted by Crippen LogP contribution is 2.30. The van der Waals surface area contributed by atoms with Crippen molar-refractivity contribution < 1.29 is 27.4 Å². The van der Waals surface area contributed by atoms with E-state index in [9.17, 15) is 18.0 Å². The number of ether oxygens (including phenoxy) is 2. The lowest BCUT2D eigenvalue weighted by Crippen LogP contribution is -2.08. The highest BCUT2D eigenvalue weighted by atomic mass is 32.1. The van der Waals surface area contributed by atoms with Gasteiger partial charge < -0.3 is 9.47 Å². The molecule has 9 heteroatoms. The van der Waals surface area contributed by atoms with Gasteiger partial charge in [0.15, 0.2) is 17.1 Å². The molecule has 2 aromatic rings. The van der Waals surface area contributed by atoms with Crippen LogP contribution < -0.4 is 4.74 Å². The van der Waals surface area contributed by atoms with Crippen LogP contribution in [0, 0.1) is 0 Å². The molecular formula is C12H9F3N2O3S. The van der Waals surface area contributed by atoms with Gasteiger partial charge in [0.1, 0.15) is 11.6 Å². The number of esters is 1. The van der Waals surface area contributed by atoms with E-state index in [2.05, 4.69) is 14.7 Å². The average molecular weight is 318 g/mol. The molecule has 0 saturated heterocycles. The Morgan fingerprint density at radius 1 is 1.43 bits per heavy atom. The smallest absolute Gasteiger partial charge is 0.434 e. The summed E-state index contributed by atoms with van der Waals surface area (Å²) in [4.78, 5) is 18.7. The van der Waals surface area contributed by atoms with Crippen molar-refractivity contribution in [3.05, 3.63) is 40.1 Å². The van der Waals surface area contributed by atoms with E-state index >= 15 is 0 Å². The normalized spacial score (nSPS) is 11.2. The average Bonchev–Trinajstić information content (AvgIpc) is 2.93. The number of alkyl halides is 3. The first-order valence-corrected chi connectivity index (χ1v) is 6.47. The second kappa shape index (κ2) is 6.08. The van der Waals surface area contributed by atoms with E-state index in [0.717, 1.165) is 16.7 Å². The van der Waals surface area contributed by atoms with Crippen LogP contribution in [0.25, 0.3) is 0 Å². The zero-order valence-corrected chi connectivity index (χ0v) is 11.5. The van der Waals surface area contributed by atoms with Crippen LogP contribution in [0.1, 0.15) is 21.2 Å². The zero-order valence-electron chi connectivity index (χ0n) is 10.7. The third-order valence-electron chi connectivity index (χ3n) is 2.34. The maximum Gasteiger partial charge on any atom is 0.434 e. The second-order valence-corrected chi connectivity index (χ2v) is 4.70. The van der Waals surface area contributed by atoms with E-state index in [1.165, 1.54) is 25.4 Å². The van der Waals surface area contributed by atoms with Crippen molar-refractivity contribution >= 4 is 17.3 Å². The van der Waals surface area contributed by atoms with Crippen LogP contribution in [-0.4, -0.2) is 23.0 Å². The molecule has 0 spiro atoms. The van der Waals surface area contributed by atoms with Gasteiger partial charge in [-0.1, -0.05) is 0 Å². The van der Waals surface area contributed by atoms with Gasteiger partial charge in [-0.2, -0.15) is 13.2 Å². The number of carbonyl (C=O) groups excluding carboxylic acids is 1. The molecular weight excluding hydrogens is 309 g/mol. The Hall–Kier alpha value is -2.16. The fourth-order valence-electron chi connectivity index (χ4n) is 1.40. The fourth-order valence-corrected chi connectivity index (χ4v) is 2.12. The summed E-state index contributed by atoms with van der Waals surface area (Å²) in [7, 11) is 1.19. The molecule has 2 aromatic heterocycles. The van der Waals surface area contributed by atoms with Crippen LogP contribution in [0.4, 0.5) is 13.2 Å². The largest absolute Gasteiger partial charge is 0.484 e. The maximum absolute atomic E-state index is 12.4. The standard InChI is InChI=1S/C12H9F3N2O3S/c1-19-11(18)10-7(3-2-4-16-10)20-5-9-17-8(6-21-9)12(13,14)15/h2-4,6H,5H2,1H3. The lowest BCUT2D eigenvalue weighted by molar-refractivity contribution is -0.140. The summed E-state index contributed by atoms with van der Waals surface area (Å²) in [6, 6.07) is 3.00. The maximum atomic E-state index is 12.4. The summed E-state index contributed by atoms with van der Waals surface area (Å²) in [5, 5.41) is 1.05. The van der Waals surface area contributed by atoms with E-state index in [-0.39, 0.29) is 23.1 Å². The molecule has 0 aliphatic heterocycles. The topological polar surface area (TPSA) is 61.3 Å². The van der Waals surface area contributed by atoms with Crippen LogP contribution in [0.3, 0.4) is 0 Å². The SMILES string of the molecule is COC(=O)c1ncccc1OCc1nc(C(F)(F)F)cs1. The molecule has 21 heavy (non-hydrogen) atoms. The summed E-state index contributed by atoms with van der Waals surface area (Å²) in [6.45, 7) is -0.198. The highest BCUT2D eigenvalue weighted by molar-refractivity contribution is 7.09. The minimum absolute atomic E-state index is 0.0485. The van der Waals surface area contributed by atoms with Gasteiger partial charge in [-0.25, -0.2) is 14.8 Å². The minimum atomic E-state index is -4.49. The number of rotatable bonds is 4. The van der Waals surface area contributed by atoms with Crippen molar-refractivity contribution in [2.75, 3.05) is 7.11 Å². The second-order valence-electron chi connectivity index (χ2n) is 3.75. The molecule has 0 bridgehead atoms. The zero-order chi connectivity index (χ0) is 15.5. The van der Waals surface area contributed by atoms with Gasteiger partial charge in [0, 0.05) is 11.6 Å². The van der Waals surface area contributed by atoms with Gasteiger partial charge in [0.25, 0.3) is 0 Å². The molecule has 0 atom stereocenters. The Bertz CT molecular complexity index is 643. The molecule has 0 aromatic carbocycles. The molecule has 0 unspecified atom stereocenters. The first-order valence-electron chi connectivity index (χ1n) is 5.59. The number of thiazole rings is 1. The number of nitrogens with zero attached hydrogens (tertiary/aromatic N) is 2. The third-order valence-corrected chi connectivity index (χ3v) is 3.17. The van der Waals surface area contributed by atoms with Crippen molar-refractivity contribution in [2.24, 2.45) is 0 Å². The quantitative estimate of drug-likeness (QED) is 0.811.